The molecule has 3 aromatic rings. The zero-order valence-electron chi connectivity index (χ0n) is 15.2. The zero-order valence-corrected chi connectivity index (χ0v) is 17.7. The van der Waals surface area contributed by atoms with Crippen LogP contribution in [-0.2, 0) is 24.1 Å². The Kier molecular flexibility index (Phi) is 4.70. The molecule has 4 heterocycles. The minimum atomic E-state index is 0.224. The first-order valence-electron chi connectivity index (χ1n) is 9.50. The van der Waals surface area contributed by atoms with Gasteiger partial charge >= 0.3 is 0 Å². The van der Waals surface area contributed by atoms with Crippen molar-refractivity contribution in [3.05, 3.63) is 38.7 Å². The summed E-state index contributed by atoms with van der Waals surface area (Å²) in [5.74, 6) is 0.675. The summed E-state index contributed by atoms with van der Waals surface area (Å²) < 4.78 is 0. The number of aromatic nitrogens is 2. The van der Waals surface area contributed by atoms with Gasteiger partial charge in [0.1, 0.15) is 16.2 Å². The smallest absolute Gasteiger partial charge is 0.233 e. The standard InChI is InChI=1S/C20H21N3OS3/c1-2-14-12-7-9-25-15(12)6-8-23(14)17(24)10-26-19-18-13-4-3-5-16(13)27-20(18)22-11-21-19/h7,9,11,14H,2-6,8,10H2,1H3. The number of thiophene rings is 2. The Bertz CT molecular complexity index is 1010. The molecule has 0 aromatic carbocycles. The van der Waals surface area contributed by atoms with Crippen molar-refractivity contribution in [3.63, 3.8) is 0 Å². The number of rotatable bonds is 4. The van der Waals surface area contributed by atoms with Gasteiger partial charge in [0.25, 0.3) is 0 Å². The average Bonchev–Trinajstić information content (AvgIpc) is 3.40. The molecule has 0 N–H and O–H groups in total. The third-order valence-corrected chi connectivity index (χ3v) is 8.77. The number of carbonyl (C=O) groups is 1. The van der Waals surface area contributed by atoms with E-state index in [2.05, 4.69) is 33.2 Å². The van der Waals surface area contributed by atoms with Crippen molar-refractivity contribution in [2.45, 2.75) is 50.1 Å². The summed E-state index contributed by atoms with van der Waals surface area (Å²) in [6.07, 6.45) is 7.10. The number of fused-ring (bicyclic) bond motifs is 4. The molecule has 0 bridgehead atoms. The van der Waals surface area contributed by atoms with E-state index < -0.39 is 0 Å². The van der Waals surface area contributed by atoms with E-state index in [4.69, 9.17) is 0 Å². The highest BCUT2D eigenvalue weighted by atomic mass is 32.2. The molecule has 140 valence electrons. The maximum absolute atomic E-state index is 13.0. The molecule has 0 radical (unpaired) electrons. The Balaban J connectivity index is 1.36. The number of carbonyl (C=O) groups excluding carboxylic acids is 1. The lowest BCUT2D eigenvalue weighted by Crippen LogP contribution is -2.40. The Labute approximate surface area is 171 Å². The van der Waals surface area contributed by atoms with Crippen molar-refractivity contribution >= 4 is 50.6 Å². The normalized spacial score (nSPS) is 18.7. The highest BCUT2D eigenvalue weighted by molar-refractivity contribution is 8.00. The first kappa shape index (κ1) is 17.6. The van der Waals surface area contributed by atoms with Crippen LogP contribution in [-0.4, -0.2) is 33.1 Å². The molecule has 3 aromatic heterocycles. The van der Waals surface area contributed by atoms with Gasteiger partial charge in [0, 0.05) is 21.7 Å². The second kappa shape index (κ2) is 7.18. The van der Waals surface area contributed by atoms with E-state index in [1.807, 2.05) is 11.3 Å². The largest absolute Gasteiger partial charge is 0.335 e. The lowest BCUT2D eigenvalue weighted by atomic mass is 9.98. The Hall–Kier alpha value is -1.44. The van der Waals surface area contributed by atoms with Crippen molar-refractivity contribution in [1.82, 2.24) is 14.9 Å². The molecule has 1 aliphatic heterocycles. The molecule has 5 rings (SSSR count). The number of hydrogen-bond acceptors (Lipinski definition) is 6. The maximum Gasteiger partial charge on any atom is 0.233 e. The minimum Gasteiger partial charge on any atom is -0.335 e. The Morgan fingerprint density at radius 2 is 2.22 bits per heavy atom. The van der Waals surface area contributed by atoms with Gasteiger partial charge in [-0.25, -0.2) is 9.97 Å². The van der Waals surface area contributed by atoms with Crippen molar-refractivity contribution in [2.75, 3.05) is 12.3 Å². The molecular formula is C20H21N3OS3. The van der Waals surface area contributed by atoms with Gasteiger partial charge in [0.15, 0.2) is 0 Å². The number of aryl methyl sites for hydroxylation is 2. The number of amides is 1. The van der Waals surface area contributed by atoms with Crippen LogP contribution in [0, 0.1) is 0 Å². The van der Waals surface area contributed by atoms with Gasteiger partial charge in [-0.15, -0.1) is 22.7 Å². The van der Waals surface area contributed by atoms with Crippen LogP contribution in [0.4, 0.5) is 0 Å². The Morgan fingerprint density at radius 1 is 1.30 bits per heavy atom. The van der Waals surface area contributed by atoms with Gasteiger partial charge in [0.2, 0.25) is 5.91 Å². The topological polar surface area (TPSA) is 46.1 Å². The molecule has 2 aliphatic rings. The number of thioether (sulfide) groups is 1. The number of nitrogens with zero attached hydrogens (tertiary/aromatic N) is 3. The van der Waals surface area contributed by atoms with Crippen molar-refractivity contribution in [2.24, 2.45) is 0 Å². The van der Waals surface area contributed by atoms with E-state index in [0.29, 0.717) is 5.75 Å². The monoisotopic (exact) mass is 415 g/mol. The third kappa shape index (κ3) is 3.00. The Morgan fingerprint density at radius 3 is 3.11 bits per heavy atom. The lowest BCUT2D eigenvalue weighted by Gasteiger charge is -2.35. The predicted octanol–water partition coefficient (Wildman–Crippen LogP) is 4.87. The molecule has 4 nitrogen and oxygen atoms in total. The molecule has 1 atom stereocenters. The molecule has 0 saturated heterocycles. The van der Waals surface area contributed by atoms with Crippen LogP contribution in [0.2, 0.25) is 0 Å². The fourth-order valence-corrected chi connectivity index (χ4v) is 7.49. The van der Waals surface area contributed by atoms with Gasteiger partial charge in [0.05, 0.1) is 11.8 Å². The molecule has 27 heavy (non-hydrogen) atoms. The van der Waals surface area contributed by atoms with E-state index in [9.17, 15) is 4.79 Å². The number of hydrogen-bond donors (Lipinski definition) is 0. The van der Waals surface area contributed by atoms with Crippen LogP contribution in [0.25, 0.3) is 10.2 Å². The van der Waals surface area contributed by atoms with Gasteiger partial charge in [-0.3, -0.25) is 4.79 Å². The predicted molar refractivity (Wildman–Crippen MR) is 113 cm³/mol. The fourth-order valence-electron chi connectivity index (χ4n) is 4.36. The summed E-state index contributed by atoms with van der Waals surface area (Å²) in [4.78, 5) is 28.1. The molecule has 1 unspecified atom stereocenters. The molecule has 0 saturated carbocycles. The average molecular weight is 416 g/mol. The zero-order chi connectivity index (χ0) is 18.4. The van der Waals surface area contributed by atoms with E-state index >= 15 is 0 Å². The highest BCUT2D eigenvalue weighted by Gasteiger charge is 2.30. The third-order valence-electron chi connectivity index (χ3n) is 5.60. The maximum atomic E-state index is 13.0. The van der Waals surface area contributed by atoms with Crippen LogP contribution in [0.5, 0.6) is 0 Å². The first-order chi connectivity index (χ1) is 13.3. The summed E-state index contributed by atoms with van der Waals surface area (Å²) in [6, 6.07) is 2.42. The van der Waals surface area contributed by atoms with Gasteiger partial charge in [-0.2, -0.15) is 0 Å². The molecule has 1 amide bonds. The SMILES string of the molecule is CCC1c2ccsc2CCN1C(=O)CSc1ncnc2sc3c(c12)CCC3. The first-order valence-corrected chi connectivity index (χ1v) is 12.2. The molecular weight excluding hydrogens is 394 g/mol. The summed E-state index contributed by atoms with van der Waals surface area (Å²) in [6.45, 7) is 3.01. The van der Waals surface area contributed by atoms with Crippen LogP contribution < -0.4 is 0 Å². The molecule has 1 aliphatic carbocycles. The summed E-state index contributed by atoms with van der Waals surface area (Å²) >= 11 is 5.21. The molecule has 7 heteroatoms. The van der Waals surface area contributed by atoms with Gasteiger partial charge in [-0.05, 0) is 54.7 Å². The van der Waals surface area contributed by atoms with Crippen molar-refractivity contribution in [3.8, 4) is 0 Å². The van der Waals surface area contributed by atoms with E-state index in [-0.39, 0.29) is 11.9 Å². The van der Waals surface area contributed by atoms with E-state index in [0.717, 1.165) is 42.1 Å². The fraction of sp³-hybridized carbons (Fsp3) is 0.450. The second-order valence-corrected chi connectivity index (χ2v) is 10.1. The summed E-state index contributed by atoms with van der Waals surface area (Å²) in [7, 11) is 0. The summed E-state index contributed by atoms with van der Waals surface area (Å²) in [5, 5.41) is 4.35. The van der Waals surface area contributed by atoms with Crippen molar-refractivity contribution < 1.29 is 4.79 Å². The lowest BCUT2D eigenvalue weighted by molar-refractivity contribution is -0.131. The van der Waals surface area contributed by atoms with Crippen LogP contribution >= 0.6 is 34.4 Å². The molecule has 0 spiro atoms. The second-order valence-electron chi connectivity index (χ2n) is 7.07. The highest BCUT2D eigenvalue weighted by Crippen LogP contribution is 2.40. The molecule has 0 fully saturated rings. The van der Waals surface area contributed by atoms with Gasteiger partial charge < -0.3 is 4.90 Å². The minimum absolute atomic E-state index is 0.224. The van der Waals surface area contributed by atoms with Crippen LogP contribution in [0.1, 0.15) is 46.7 Å². The van der Waals surface area contributed by atoms with Crippen LogP contribution in [0.15, 0.2) is 22.8 Å². The van der Waals surface area contributed by atoms with Gasteiger partial charge in [-0.1, -0.05) is 18.7 Å². The van der Waals surface area contributed by atoms with Crippen molar-refractivity contribution in [1.29, 1.82) is 0 Å². The van der Waals surface area contributed by atoms with Crippen LogP contribution in [0.3, 0.4) is 0 Å². The van der Waals surface area contributed by atoms with E-state index in [1.165, 1.54) is 32.7 Å². The quantitative estimate of drug-likeness (QED) is 0.450. The summed E-state index contributed by atoms with van der Waals surface area (Å²) in [5.41, 5.74) is 2.78. The van der Waals surface area contributed by atoms with E-state index in [1.54, 1.807) is 29.4 Å².